The third-order valence-electron chi connectivity index (χ3n) is 5.27. The summed E-state index contributed by atoms with van der Waals surface area (Å²) >= 11 is 7.25. The minimum absolute atomic E-state index is 0.117. The van der Waals surface area contributed by atoms with Gasteiger partial charge < -0.3 is 20.0 Å². The molecule has 0 bridgehead atoms. The van der Waals surface area contributed by atoms with Gasteiger partial charge in [0.05, 0.1) is 10.3 Å². The average molecular weight is 493 g/mol. The van der Waals surface area contributed by atoms with E-state index in [1.54, 1.807) is 12.1 Å². The number of benzene rings is 2. The summed E-state index contributed by atoms with van der Waals surface area (Å²) < 4.78 is 12.5. The van der Waals surface area contributed by atoms with Crippen molar-refractivity contribution in [1.29, 1.82) is 0 Å². The Balaban J connectivity index is 1.41. The van der Waals surface area contributed by atoms with Crippen molar-refractivity contribution in [3.63, 3.8) is 0 Å². The molecule has 0 amide bonds. The Hall–Kier alpha value is -3.95. The first-order valence-electron chi connectivity index (χ1n) is 10.1. The molecule has 5 rings (SSSR count). The van der Waals surface area contributed by atoms with E-state index >= 15 is 0 Å². The molecule has 0 aliphatic rings. The highest BCUT2D eigenvalue weighted by atomic mass is 35.5. The number of fused-ring (bicyclic) bond motifs is 1. The van der Waals surface area contributed by atoms with E-state index in [9.17, 15) is 9.90 Å². The molecule has 0 fully saturated rings. The van der Waals surface area contributed by atoms with Crippen LogP contribution in [0.3, 0.4) is 0 Å². The van der Waals surface area contributed by atoms with E-state index in [2.05, 4.69) is 15.2 Å². The van der Waals surface area contributed by atoms with Crippen molar-refractivity contribution in [3.05, 3.63) is 75.8 Å². The number of ether oxygens (including phenoxy) is 1. The van der Waals surface area contributed by atoms with Crippen LogP contribution in [-0.4, -0.2) is 26.3 Å². The number of halogens is 1. The number of aryl methyl sites for hydroxylation is 1. The molecule has 0 aliphatic carbocycles. The molecule has 5 aromatic rings. The fraction of sp³-hybridized carbons (Fsp3) is 0.0833. The summed E-state index contributed by atoms with van der Waals surface area (Å²) in [7, 11) is 0. The van der Waals surface area contributed by atoms with E-state index < -0.39 is 5.97 Å². The minimum Gasteiger partial charge on any atom is -0.489 e. The molecule has 34 heavy (non-hydrogen) atoms. The summed E-state index contributed by atoms with van der Waals surface area (Å²) in [5.41, 5.74) is 9.31. The van der Waals surface area contributed by atoms with Crippen LogP contribution in [0.4, 0.5) is 5.82 Å². The van der Waals surface area contributed by atoms with Gasteiger partial charge in [-0.3, -0.25) is 0 Å². The Labute approximate surface area is 202 Å². The number of carbonyl (C=O) groups is 1. The molecule has 0 spiro atoms. The molecular formula is C24H17ClN4O4S. The lowest BCUT2D eigenvalue weighted by molar-refractivity contribution is 0.0699. The van der Waals surface area contributed by atoms with Crippen LogP contribution in [0.5, 0.6) is 5.75 Å². The highest BCUT2D eigenvalue weighted by Gasteiger charge is 2.18. The summed E-state index contributed by atoms with van der Waals surface area (Å²) in [6, 6.07) is 12.7. The van der Waals surface area contributed by atoms with E-state index in [4.69, 9.17) is 26.5 Å². The van der Waals surface area contributed by atoms with Crippen LogP contribution in [0.2, 0.25) is 5.02 Å². The molecule has 170 valence electrons. The highest BCUT2D eigenvalue weighted by molar-refractivity contribution is 7.17. The summed E-state index contributed by atoms with van der Waals surface area (Å²) in [5, 5.41) is 20.8. The molecule has 3 aromatic heterocycles. The molecular weight excluding hydrogens is 476 g/mol. The molecule has 0 aliphatic heterocycles. The van der Waals surface area contributed by atoms with Gasteiger partial charge in [-0.05, 0) is 54.3 Å². The van der Waals surface area contributed by atoms with Crippen molar-refractivity contribution in [1.82, 2.24) is 15.2 Å². The number of hydrogen-bond acceptors (Lipinski definition) is 8. The van der Waals surface area contributed by atoms with Crippen LogP contribution >= 0.6 is 22.9 Å². The van der Waals surface area contributed by atoms with Crippen molar-refractivity contribution < 1.29 is 19.1 Å². The Kier molecular flexibility index (Phi) is 5.64. The van der Waals surface area contributed by atoms with E-state index in [1.165, 1.54) is 17.5 Å². The fourth-order valence-corrected chi connectivity index (χ4v) is 4.67. The third kappa shape index (κ3) is 4.07. The maximum atomic E-state index is 11.5. The molecule has 0 saturated carbocycles. The predicted octanol–water partition coefficient (Wildman–Crippen LogP) is 5.83. The maximum Gasteiger partial charge on any atom is 0.338 e. The van der Waals surface area contributed by atoms with Gasteiger partial charge in [0.15, 0.2) is 0 Å². The zero-order valence-corrected chi connectivity index (χ0v) is 19.4. The van der Waals surface area contributed by atoms with Gasteiger partial charge in [-0.15, -0.1) is 21.5 Å². The number of pyridine rings is 1. The number of aromatic nitrogens is 3. The zero-order valence-electron chi connectivity index (χ0n) is 17.8. The SMILES string of the molecule is Cc1ccc(-c2nnc(-c3ccc(Cl)cc3)o2)cc1OCc1csc2c(C(=O)O)cnc(N)c12. The predicted molar refractivity (Wildman–Crippen MR) is 130 cm³/mol. The Morgan fingerprint density at radius 1 is 1.15 bits per heavy atom. The minimum atomic E-state index is -1.05. The molecule has 0 radical (unpaired) electrons. The van der Waals surface area contributed by atoms with Crippen LogP contribution < -0.4 is 10.5 Å². The standard InChI is InChI=1S/C24H17ClN4O4S/c1-12-2-3-14(23-29-28-22(33-23)13-4-6-16(25)7-5-13)8-18(12)32-10-15-11-34-20-17(24(30)31)9-27-21(26)19(15)20/h2-9,11H,10H2,1H3,(H2,26,27)(H,30,31). The zero-order chi connectivity index (χ0) is 23.8. The Morgan fingerprint density at radius 3 is 2.59 bits per heavy atom. The lowest BCUT2D eigenvalue weighted by Crippen LogP contribution is -2.02. The van der Waals surface area contributed by atoms with Crippen molar-refractivity contribution >= 4 is 44.8 Å². The Bertz CT molecular complexity index is 1530. The van der Waals surface area contributed by atoms with E-state index in [0.717, 1.165) is 16.7 Å². The summed E-state index contributed by atoms with van der Waals surface area (Å²) in [6.45, 7) is 2.12. The molecule has 3 heterocycles. The number of carboxylic acids is 1. The van der Waals surface area contributed by atoms with Gasteiger partial charge in [0, 0.05) is 33.3 Å². The van der Waals surface area contributed by atoms with Crippen molar-refractivity contribution in [2.75, 3.05) is 5.73 Å². The van der Waals surface area contributed by atoms with Crippen LogP contribution in [-0.2, 0) is 6.61 Å². The van der Waals surface area contributed by atoms with Gasteiger partial charge in [0.1, 0.15) is 18.2 Å². The van der Waals surface area contributed by atoms with E-state index in [1.807, 2.05) is 42.6 Å². The topological polar surface area (TPSA) is 124 Å². The van der Waals surface area contributed by atoms with Crippen molar-refractivity contribution in [3.8, 4) is 28.7 Å². The monoisotopic (exact) mass is 492 g/mol. The number of aromatic carboxylic acids is 1. The number of anilines is 1. The van der Waals surface area contributed by atoms with Gasteiger partial charge >= 0.3 is 5.97 Å². The number of nitrogens with zero attached hydrogens (tertiary/aromatic N) is 3. The van der Waals surface area contributed by atoms with E-state index in [0.29, 0.717) is 38.2 Å². The molecule has 3 N–H and O–H groups in total. The quantitative estimate of drug-likeness (QED) is 0.303. The second-order valence-corrected chi connectivity index (χ2v) is 8.83. The Morgan fingerprint density at radius 2 is 1.85 bits per heavy atom. The van der Waals surface area contributed by atoms with Crippen molar-refractivity contribution in [2.45, 2.75) is 13.5 Å². The van der Waals surface area contributed by atoms with Gasteiger partial charge in [0.2, 0.25) is 11.8 Å². The maximum absolute atomic E-state index is 11.5. The number of thiophene rings is 1. The van der Waals surface area contributed by atoms with E-state index in [-0.39, 0.29) is 18.0 Å². The molecule has 10 heteroatoms. The second-order valence-electron chi connectivity index (χ2n) is 7.52. The molecule has 0 atom stereocenters. The lowest BCUT2D eigenvalue weighted by Gasteiger charge is -2.10. The van der Waals surface area contributed by atoms with Gasteiger partial charge in [-0.1, -0.05) is 17.7 Å². The normalized spacial score (nSPS) is 11.1. The number of rotatable bonds is 6. The summed E-state index contributed by atoms with van der Waals surface area (Å²) in [5.74, 6) is 0.592. The largest absolute Gasteiger partial charge is 0.489 e. The molecule has 0 unspecified atom stereocenters. The number of hydrogen-bond donors (Lipinski definition) is 2. The lowest BCUT2D eigenvalue weighted by atomic mass is 10.1. The smallest absolute Gasteiger partial charge is 0.338 e. The van der Waals surface area contributed by atoms with Crippen LogP contribution in [0.25, 0.3) is 33.0 Å². The first-order valence-corrected chi connectivity index (χ1v) is 11.4. The number of nitrogens with two attached hydrogens (primary N) is 1. The molecule has 0 saturated heterocycles. The van der Waals surface area contributed by atoms with Crippen LogP contribution in [0.15, 0.2) is 58.5 Å². The first-order chi connectivity index (χ1) is 16.4. The first kappa shape index (κ1) is 21.9. The molecule has 8 nitrogen and oxygen atoms in total. The van der Waals surface area contributed by atoms with Gasteiger partial charge in [0.25, 0.3) is 0 Å². The summed E-state index contributed by atoms with van der Waals surface area (Å²) in [4.78, 5) is 15.5. The average Bonchev–Trinajstić information content (AvgIpc) is 3.47. The van der Waals surface area contributed by atoms with Crippen LogP contribution in [0, 0.1) is 6.92 Å². The van der Waals surface area contributed by atoms with Gasteiger partial charge in [-0.25, -0.2) is 9.78 Å². The van der Waals surface area contributed by atoms with Crippen molar-refractivity contribution in [2.24, 2.45) is 0 Å². The highest BCUT2D eigenvalue weighted by Crippen LogP contribution is 2.34. The summed E-state index contributed by atoms with van der Waals surface area (Å²) in [6.07, 6.45) is 1.28. The molecule has 2 aromatic carbocycles. The number of nitrogen functional groups attached to an aromatic ring is 1. The third-order valence-corrected chi connectivity index (χ3v) is 6.58. The second kappa shape index (κ2) is 8.77. The van der Waals surface area contributed by atoms with Gasteiger partial charge in [-0.2, -0.15) is 0 Å². The number of carboxylic acid groups (broad SMARTS) is 1. The van der Waals surface area contributed by atoms with Crippen LogP contribution in [0.1, 0.15) is 21.5 Å². The fourth-order valence-electron chi connectivity index (χ4n) is 3.48.